The molecule has 11 heteroatoms. The zero-order chi connectivity index (χ0) is 27.3. The molecule has 0 bridgehead atoms. The Balaban J connectivity index is 1.49. The number of likely N-dealkylation sites (N-methyl/N-ethyl adjacent to an activating group) is 1. The van der Waals surface area contributed by atoms with Crippen molar-refractivity contribution in [1.29, 1.82) is 0 Å². The second-order valence-corrected chi connectivity index (χ2v) is 13.2. The molecular weight excluding hydrogens is 524 g/mol. The van der Waals surface area contributed by atoms with Crippen molar-refractivity contribution in [1.82, 2.24) is 13.5 Å². The number of hydrogen-bond donors (Lipinski definition) is 1. The minimum Gasteiger partial charge on any atom is -0.325 e. The fourth-order valence-corrected chi connectivity index (χ4v) is 6.93. The van der Waals surface area contributed by atoms with Crippen molar-refractivity contribution in [3.63, 3.8) is 0 Å². The molecule has 0 aliphatic carbocycles. The van der Waals surface area contributed by atoms with Crippen molar-refractivity contribution in [2.75, 3.05) is 45.1 Å². The van der Waals surface area contributed by atoms with E-state index in [1.807, 2.05) is 32.2 Å². The third-order valence-corrected chi connectivity index (χ3v) is 10.1. The number of sulfonamides is 2. The van der Waals surface area contributed by atoms with Crippen LogP contribution in [-0.2, 0) is 31.4 Å². The van der Waals surface area contributed by atoms with Crippen molar-refractivity contribution < 1.29 is 21.6 Å². The summed E-state index contributed by atoms with van der Waals surface area (Å²) in [7, 11) is -5.64. The van der Waals surface area contributed by atoms with Gasteiger partial charge < -0.3 is 10.2 Å². The van der Waals surface area contributed by atoms with Crippen molar-refractivity contribution in [3.05, 3.63) is 90.0 Å². The summed E-state index contributed by atoms with van der Waals surface area (Å²) in [6, 6.07) is 21.5. The van der Waals surface area contributed by atoms with Crippen LogP contribution < -0.4 is 5.32 Å². The smallest absolute Gasteiger partial charge is 0.243 e. The normalized spacial score (nSPS) is 15.4. The molecule has 1 heterocycles. The van der Waals surface area contributed by atoms with E-state index in [2.05, 4.69) is 10.2 Å². The Kier molecular flexibility index (Phi) is 8.64. The van der Waals surface area contributed by atoms with Crippen LogP contribution in [0, 0.1) is 6.92 Å². The molecule has 4 rings (SSSR count). The molecule has 1 aliphatic heterocycles. The summed E-state index contributed by atoms with van der Waals surface area (Å²) >= 11 is 0. The second-order valence-electron chi connectivity index (χ2n) is 9.35. The Labute approximate surface area is 224 Å². The summed E-state index contributed by atoms with van der Waals surface area (Å²) in [5.41, 5.74) is 2.04. The van der Waals surface area contributed by atoms with Gasteiger partial charge >= 0.3 is 0 Å². The standard InChI is InChI=1S/C27H32N4O5S2/c1-22-8-12-25(13-9-22)38(35,36)31(20-23-6-4-3-5-7-23)21-27(32)28-24-10-14-26(15-11-24)37(33,34)30-18-16-29(2)17-19-30/h3-15H,16-21H2,1-2H3,(H,28,32). The fourth-order valence-electron chi connectivity index (χ4n) is 4.12. The lowest BCUT2D eigenvalue weighted by Gasteiger charge is -2.31. The first kappa shape index (κ1) is 27.9. The zero-order valence-electron chi connectivity index (χ0n) is 21.4. The number of rotatable bonds is 9. The number of benzene rings is 3. The molecule has 0 unspecified atom stereocenters. The van der Waals surface area contributed by atoms with Crippen molar-refractivity contribution in [2.45, 2.75) is 23.3 Å². The van der Waals surface area contributed by atoms with Gasteiger partial charge in [-0.1, -0.05) is 48.0 Å². The SMILES string of the molecule is Cc1ccc(S(=O)(=O)N(CC(=O)Nc2ccc(S(=O)(=O)N3CCN(C)CC3)cc2)Cc2ccccc2)cc1. The number of hydrogen-bond acceptors (Lipinski definition) is 6. The van der Waals surface area contributed by atoms with E-state index in [-0.39, 0.29) is 16.3 Å². The Bertz CT molecular complexity index is 1450. The number of anilines is 1. The van der Waals surface area contributed by atoms with Gasteiger partial charge in [-0.15, -0.1) is 0 Å². The van der Waals surface area contributed by atoms with Crippen LogP contribution in [-0.4, -0.2) is 76.0 Å². The van der Waals surface area contributed by atoms with Gasteiger partial charge in [0.1, 0.15) is 0 Å². The van der Waals surface area contributed by atoms with Gasteiger partial charge in [0, 0.05) is 38.4 Å². The molecule has 1 fully saturated rings. The molecule has 0 aromatic heterocycles. The van der Waals surface area contributed by atoms with Crippen LogP contribution in [0.1, 0.15) is 11.1 Å². The number of amides is 1. The zero-order valence-corrected chi connectivity index (χ0v) is 23.1. The molecule has 0 saturated carbocycles. The van der Waals surface area contributed by atoms with Gasteiger partial charge in [-0.05, 0) is 55.9 Å². The van der Waals surface area contributed by atoms with Gasteiger partial charge in [-0.25, -0.2) is 16.8 Å². The highest BCUT2D eigenvalue weighted by atomic mass is 32.2. The quantitative estimate of drug-likeness (QED) is 0.434. The molecular formula is C27H32N4O5S2. The molecule has 3 aromatic carbocycles. The monoisotopic (exact) mass is 556 g/mol. The van der Waals surface area contributed by atoms with E-state index in [1.54, 1.807) is 24.3 Å². The minimum atomic E-state index is -3.96. The average molecular weight is 557 g/mol. The summed E-state index contributed by atoms with van der Waals surface area (Å²) < 4.78 is 55.4. The van der Waals surface area contributed by atoms with E-state index in [0.717, 1.165) is 15.4 Å². The maximum absolute atomic E-state index is 13.4. The first-order valence-electron chi connectivity index (χ1n) is 12.2. The van der Waals surface area contributed by atoms with Gasteiger partial charge in [0.05, 0.1) is 16.3 Å². The largest absolute Gasteiger partial charge is 0.325 e. The Hall–Kier alpha value is -3.09. The van der Waals surface area contributed by atoms with Crippen LogP contribution in [0.3, 0.4) is 0 Å². The van der Waals surface area contributed by atoms with Gasteiger partial charge in [0.25, 0.3) is 0 Å². The van der Waals surface area contributed by atoms with E-state index >= 15 is 0 Å². The summed E-state index contributed by atoms with van der Waals surface area (Å²) in [6.45, 7) is 3.65. The second kappa shape index (κ2) is 11.7. The first-order chi connectivity index (χ1) is 18.1. The lowest BCUT2D eigenvalue weighted by Crippen LogP contribution is -2.46. The number of piperazine rings is 1. The Morgan fingerprint density at radius 1 is 0.816 bits per heavy atom. The Morgan fingerprint density at radius 3 is 2.00 bits per heavy atom. The molecule has 1 aliphatic rings. The number of nitrogens with one attached hydrogen (secondary N) is 1. The highest BCUT2D eigenvalue weighted by Crippen LogP contribution is 2.21. The lowest BCUT2D eigenvalue weighted by molar-refractivity contribution is -0.116. The molecule has 9 nitrogen and oxygen atoms in total. The molecule has 0 spiro atoms. The van der Waals surface area contributed by atoms with E-state index < -0.39 is 32.5 Å². The molecule has 202 valence electrons. The third-order valence-electron chi connectivity index (χ3n) is 6.42. The third kappa shape index (κ3) is 6.66. The summed E-state index contributed by atoms with van der Waals surface area (Å²) in [4.78, 5) is 15.3. The molecule has 38 heavy (non-hydrogen) atoms. The minimum absolute atomic E-state index is 0.0205. The van der Waals surface area contributed by atoms with Gasteiger partial charge in [0.2, 0.25) is 26.0 Å². The molecule has 0 atom stereocenters. The van der Waals surface area contributed by atoms with Gasteiger partial charge in [0.15, 0.2) is 0 Å². The maximum atomic E-state index is 13.4. The average Bonchev–Trinajstić information content (AvgIpc) is 2.90. The van der Waals surface area contributed by atoms with Crippen molar-refractivity contribution in [2.24, 2.45) is 0 Å². The maximum Gasteiger partial charge on any atom is 0.243 e. The predicted molar refractivity (Wildman–Crippen MR) is 147 cm³/mol. The first-order valence-corrected chi connectivity index (χ1v) is 15.1. The van der Waals surface area contributed by atoms with Crippen molar-refractivity contribution in [3.8, 4) is 0 Å². The van der Waals surface area contributed by atoms with Crippen LogP contribution in [0.4, 0.5) is 5.69 Å². The summed E-state index contributed by atoms with van der Waals surface area (Å²) in [5, 5.41) is 2.69. The van der Waals surface area contributed by atoms with Gasteiger partial charge in [-0.3, -0.25) is 4.79 Å². The van der Waals surface area contributed by atoms with Crippen LogP contribution in [0.25, 0.3) is 0 Å². The molecule has 1 N–H and O–H groups in total. The van der Waals surface area contributed by atoms with E-state index in [9.17, 15) is 21.6 Å². The van der Waals surface area contributed by atoms with Crippen LogP contribution >= 0.6 is 0 Å². The van der Waals surface area contributed by atoms with E-state index in [1.165, 1.54) is 40.7 Å². The number of carbonyl (C=O) groups is 1. The molecule has 1 amide bonds. The number of nitrogens with zero attached hydrogens (tertiary/aromatic N) is 3. The van der Waals surface area contributed by atoms with Crippen molar-refractivity contribution >= 4 is 31.6 Å². The number of aryl methyl sites for hydroxylation is 1. The van der Waals surface area contributed by atoms with Crippen LogP contribution in [0.2, 0.25) is 0 Å². The summed E-state index contributed by atoms with van der Waals surface area (Å²) in [6.07, 6.45) is 0. The fraction of sp³-hybridized carbons (Fsp3) is 0.296. The Morgan fingerprint density at radius 2 is 1.39 bits per heavy atom. The summed E-state index contributed by atoms with van der Waals surface area (Å²) in [5.74, 6) is -0.536. The molecule has 3 aromatic rings. The highest BCUT2D eigenvalue weighted by molar-refractivity contribution is 7.89. The van der Waals surface area contributed by atoms with E-state index in [0.29, 0.717) is 31.9 Å². The lowest BCUT2D eigenvalue weighted by atomic mass is 10.2. The predicted octanol–water partition coefficient (Wildman–Crippen LogP) is 2.76. The highest BCUT2D eigenvalue weighted by Gasteiger charge is 2.28. The van der Waals surface area contributed by atoms with Crippen LogP contribution in [0.15, 0.2) is 88.7 Å². The van der Waals surface area contributed by atoms with Crippen LogP contribution in [0.5, 0.6) is 0 Å². The van der Waals surface area contributed by atoms with E-state index in [4.69, 9.17) is 0 Å². The number of carbonyl (C=O) groups excluding carboxylic acids is 1. The molecule has 0 radical (unpaired) electrons. The topological polar surface area (TPSA) is 107 Å². The molecule has 1 saturated heterocycles. The van der Waals surface area contributed by atoms with Gasteiger partial charge in [-0.2, -0.15) is 8.61 Å².